The predicted octanol–water partition coefficient (Wildman–Crippen LogP) is 1.53. The molecule has 2 rings (SSSR count). The Morgan fingerprint density at radius 2 is 1.95 bits per heavy atom. The lowest BCUT2D eigenvalue weighted by atomic mass is 10.2. The zero-order valence-corrected chi connectivity index (χ0v) is 11.8. The first-order valence-corrected chi connectivity index (χ1v) is 8.04. The van der Waals surface area contributed by atoms with Crippen LogP contribution in [0.2, 0.25) is 0 Å². The van der Waals surface area contributed by atoms with Crippen molar-refractivity contribution in [2.45, 2.75) is 29.7 Å². The summed E-state index contributed by atoms with van der Waals surface area (Å²) in [4.78, 5) is 2.30. The first-order valence-electron chi connectivity index (χ1n) is 6.49. The Labute approximate surface area is 114 Å². The van der Waals surface area contributed by atoms with Crippen molar-refractivity contribution in [3.8, 4) is 0 Å². The van der Waals surface area contributed by atoms with Gasteiger partial charge in [-0.3, -0.25) is 4.90 Å². The lowest BCUT2D eigenvalue weighted by Gasteiger charge is -2.25. The summed E-state index contributed by atoms with van der Waals surface area (Å²) in [6.07, 6.45) is 3.60. The van der Waals surface area contributed by atoms with E-state index in [0.717, 1.165) is 25.9 Å². The van der Waals surface area contributed by atoms with Gasteiger partial charge >= 0.3 is 0 Å². The highest BCUT2D eigenvalue weighted by atomic mass is 32.2. The van der Waals surface area contributed by atoms with Gasteiger partial charge in [-0.25, -0.2) is 8.42 Å². The number of hydrogen-bond donors (Lipinski definition) is 1. The molecule has 1 unspecified atom stereocenters. The van der Waals surface area contributed by atoms with Crippen molar-refractivity contribution >= 4 is 9.84 Å². The van der Waals surface area contributed by atoms with Gasteiger partial charge in [-0.2, -0.15) is 0 Å². The Kier molecular flexibility index (Phi) is 4.39. The molecule has 1 saturated heterocycles. The zero-order chi connectivity index (χ0) is 13.9. The second-order valence-electron chi connectivity index (χ2n) is 4.73. The van der Waals surface area contributed by atoms with Gasteiger partial charge in [0.1, 0.15) is 5.37 Å². The molecular formula is C14H20N2O2S. The third-order valence-corrected chi connectivity index (χ3v) is 5.66. The molecule has 0 aromatic heterocycles. The molecule has 19 heavy (non-hydrogen) atoms. The van der Waals surface area contributed by atoms with E-state index in [-0.39, 0.29) is 6.54 Å². The molecule has 0 bridgehead atoms. The maximum atomic E-state index is 12.8. The van der Waals surface area contributed by atoms with Crippen LogP contribution in [0.5, 0.6) is 0 Å². The average molecular weight is 280 g/mol. The molecule has 4 nitrogen and oxygen atoms in total. The maximum Gasteiger partial charge on any atom is 0.198 e. The Morgan fingerprint density at radius 1 is 1.32 bits per heavy atom. The van der Waals surface area contributed by atoms with Crippen LogP contribution in [0.4, 0.5) is 0 Å². The van der Waals surface area contributed by atoms with Gasteiger partial charge in [0, 0.05) is 6.54 Å². The highest BCUT2D eigenvalue weighted by molar-refractivity contribution is 7.92. The summed E-state index contributed by atoms with van der Waals surface area (Å²) < 4.78 is 25.5. The van der Waals surface area contributed by atoms with Crippen molar-refractivity contribution in [3.63, 3.8) is 0 Å². The number of benzene rings is 1. The van der Waals surface area contributed by atoms with E-state index in [9.17, 15) is 8.42 Å². The largest absolute Gasteiger partial charge is 0.326 e. The zero-order valence-electron chi connectivity index (χ0n) is 11.0. The van der Waals surface area contributed by atoms with Gasteiger partial charge in [-0.05, 0) is 37.6 Å². The molecule has 0 saturated carbocycles. The summed E-state index contributed by atoms with van der Waals surface area (Å²) >= 11 is 0. The van der Waals surface area contributed by atoms with E-state index in [0.29, 0.717) is 10.5 Å². The number of nitrogens with zero attached hydrogens (tertiary/aromatic N) is 1. The molecule has 0 spiro atoms. The number of sulfone groups is 1. The molecule has 1 aliphatic rings. The van der Waals surface area contributed by atoms with Crippen LogP contribution in [0.1, 0.15) is 18.4 Å². The molecule has 1 atom stereocenters. The number of nitrogens with two attached hydrogens (primary N) is 1. The molecule has 0 aliphatic carbocycles. The van der Waals surface area contributed by atoms with Crippen LogP contribution in [0.15, 0.2) is 41.8 Å². The van der Waals surface area contributed by atoms with E-state index >= 15 is 0 Å². The van der Waals surface area contributed by atoms with Gasteiger partial charge in [0.15, 0.2) is 9.84 Å². The van der Waals surface area contributed by atoms with Crippen molar-refractivity contribution in [3.05, 3.63) is 42.5 Å². The van der Waals surface area contributed by atoms with E-state index in [4.69, 9.17) is 5.73 Å². The fraction of sp³-hybridized carbons (Fsp3) is 0.429. The molecule has 2 N–H and O–H groups in total. The van der Waals surface area contributed by atoms with E-state index in [1.165, 1.54) is 6.08 Å². The summed E-state index contributed by atoms with van der Waals surface area (Å²) in [6, 6.07) is 6.93. The minimum Gasteiger partial charge on any atom is -0.326 e. The molecule has 0 radical (unpaired) electrons. The van der Waals surface area contributed by atoms with Crippen LogP contribution in [0, 0.1) is 0 Å². The molecular weight excluding hydrogens is 260 g/mol. The molecule has 0 amide bonds. The van der Waals surface area contributed by atoms with Gasteiger partial charge in [0.25, 0.3) is 0 Å². The van der Waals surface area contributed by atoms with Crippen LogP contribution in [0.25, 0.3) is 0 Å². The molecule has 5 heteroatoms. The first kappa shape index (κ1) is 14.2. The average Bonchev–Trinajstić information content (AvgIpc) is 2.93. The minimum atomic E-state index is -3.45. The smallest absolute Gasteiger partial charge is 0.198 e. The first-order chi connectivity index (χ1) is 9.11. The standard InChI is InChI=1S/C14H20N2O2S/c1-2-14(16-9-5-6-10-16)19(17,18)13-8-4-3-7-12(13)11-15/h2-4,7-8,14H,1,5-6,9-11,15H2. The monoisotopic (exact) mass is 280 g/mol. The molecule has 1 aromatic carbocycles. The summed E-state index contributed by atoms with van der Waals surface area (Å²) in [5.41, 5.74) is 6.30. The van der Waals surface area contributed by atoms with Crippen LogP contribution >= 0.6 is 0 Å². The number of rotatable bonds is 5. The highest BCUT2D eigenvalue weighted by Crippen LogP contribution is 2.25. The summed E-state index contributed by atoms with van der Waals surface area (Å²) in [7, 11) is -3.45. The van der Waals surface area contributed by atoms with Crippen molar-refractivity contribution in [2.75, 3.05) is 13.1 Å². The van der Waals surface area contributed by atoms with Gasteiger partial charge in [-0.1, -0.05) is 24.3 Å². The van der Waals surface area contributed by atoms with Crippen LogP contribution < -0.4 is 5.73 Å². The van der Waals surface area contributed by atoms with Gasteiger partial charge < -0.3 is 5.73 Å². The van der Waals surface area contributed by atoms with Crippen molar-refractivity contribution in [2.24, 2.45) is 5.73 Å². The Bertz CT molecular complexity index is 548. The van der Waals surface area contributed by atoms with Crippen LogP contribution in [-0.2, 0) is 16.4 Å². The predicted molar refractivity (Wildman–Crippen MR) is 76.3 cm³/mol. The number of likely N-dealkylation sites (tertiary alicyclic amines) is 1. The second-order valence-corrected chi connectivity index (χ2v) is 6.74. The Balaban J connectivity index is 2.42. The molecule has 104 valence electrons. The summed E-state index contributed by atoms with van der Waals surface area (Å²) in [6.45, 7) is 5.53. The van der Waals surface area contributed by atoms with Crippen LogP contribution in [-0.4, -0.2) is 31.8 Å². The fourth-order valence-electron chi connectivity index (χ4n) is 2.55. The quantitative estimate of drug-likeness (QED) is 0.831. The van der Waals surface area contributed by atoms with E-state index in [1.54, 1.807) is 24.3 Å². The normalized spacial score (nSPS) is 18.4. The summed E-state index contributed by atoms with van der Waals surface area (Å²) in [5, 5.41) is -0.650. The van der Waals surface area contributed by atoms with Gasteiger partial charge in [-0.15, -0.1) is 6.58 Å². The van der Waals surface area contributed by atoms with Crippen molar-refractivity contribution in [1.29, 1.82) is 0 Å². The van der Waals surface area contributed by atoms with E-state index < -0.39 is 15.2 Å². The molecule has 1 heterocycles. The molecule has 1 aromatic rings. The Morgan fingerprint density at radius 3 is 2.53 bits per heavy atom. The van der Waals surface area contributed by atoms with Gasteiger partial charge in [0.05, 0.1) is 4.90 Å². The Hall–Kier alpha value is -1.17. The lowest BCUT2D eigenvalue weighted by molar-refractivity contribution is 0.339. The van der Waals surface area contributed by atoms with Crippen molar-refractivity contribution in [1.82, 2.24) is 4.90 Å². The van der Waals surface area contributed by atoms with Crippen molar-refractivity contribution < 1.29 is 8.42 Å². The molecule has 1 aliphatic heterocycles. The fourth-order valence-corrected chi connectivity index (χ4v) is 4.45. The summed E-state index contributed by atoms with van der Waals surface area (Å²) in [5.74, 6) is 0. The highest BCUT2D eigenvalue weighted by Gasteiger charge is 2.33. The second kappa shape index (κ2) is 5.86. The SMILES string of the molecule is C=CC(N1CCCC1)S(=O)(=O)c1ccccc1CN. The molecule has 1 fully saturated rings. The minimum absolute atomic E-state index is 0.221. The van der Waals surface area contributed by atoms with Crippen LogP contribution in [0.3, 0.4) is 0 Å². The lowest BCUT2D eigenvalue weighted by Crippen LogP contribution is -2.38. The third kappa shape index (κ3) is 2.73. The third-order valence-electron chi connectivity index (χ3n) is 3.52. The van der Waals surface area contributed by atoms with E-state index in [2.05, 4.69) is 6.58 Å². The number of hydrogen-bond acceptors (Lipinski definition) is 4. The maximum absolute atomic E-state index is 12.8. The topological polar surface area (TPSA) is 63.4 Å². The van der Waals surface area contributed by atoms with Gasteiger partial charge in [0.2, 0.25) is 0 Å². The van der Waals surface area contributed by atoms with E-state index in [1.807, 2.05) is 4.90 Å².